The molecule has 234 valence electrons. The number of aromatic hydroxyl groups is 1. The lowest BCUT2D eigenvalue weighted by atomic mass is 9.99. The largest absolute Gasteiger partial charge is 0.543 e. The van der Waals surface area contributed by atoms with Crippen LogP contribution in [-0.4, -0.2) is 122 Å². The van der Waals surface area contributed by atoms with E-state index in [1.807, 2.05) is 0 Å². The third-order valence-corrected chi connectivity index (χ3v) is 7.26. The van der Waals surface area contributed by atoms with Crippen molar-refractivity contribution in [2.24, 2.45) is 0 Å². The number of nitrogens with zero attached hydrogens (tertiary/aromatic N) is 1. The van der Waals surface area contributed by atoms with E-state index in [1.165, 1.54) is 29.0 Å². The van der Waals surface area contributed by atoms with E-state index >= 15 is 0 Å². The molecule has 1 fully saturated rings. The number of phenols is 1. The van der Waals surface area contributed by atoms with Gasteiger partial charge < -0.3 is 55.3 Å². The van der Waals surface area contributed by atoms with Crippen LogP contribution in [0.1, 0.15) is 12.0 Å². The van der Waals surface area contributed by atoms with E-state index in [2.05, 4.69) is 9.50 Å². The van der Waals surface area contributed by atoms with Crippen molar-refractivity contribution < 1.29 is 81.3 Å². The predicted octanol–water partition coefficient (Wildman–Crippen LogP) is -3.87. The lowest BCUT2D eigenvalue weighted by Crippen LogP contribution is -2.60. The summed E-state index contributed by atoms with van der Waals surface area (Å²) >= 11 is 0. The van der Waals surface area contributed by atoms with Crippen molar-refractivity contribution in [2.75, 3.05) is 6.61 Å². The van der Waals surface area contributed by atoms with Crippen molar-refractivity contribution in [1.82, 2.24) is 5.32 Å². The predicted molar refractivity (Wildman–Crippen MR) is 134 cm³/mol. The Morgan fingerprint density at radius 3 is 2.42 bits per heavy atom. The summed E-state index contributed by atoms with van der Waals surface area (Å²) in [6.07, 6.45) is -5.69. The molecule has 0 aliphatic carbocycles. The smallest absolute Gasteiger partial charge is 0.397 e. The summed E-state index contributed by atoms with van der Waals surface area (Å²) in [4.78, 5) is 34.8. The number of hydrogen-bond donors (Lipinski definition) is 8. The van der Waals surface area contributed by atoms with E-state index in [1.54, 1.807) is 0 Å². The zero-order valence-corrected chi connectivity index (χ0v) is 22.5. The lowest BCUT2D eigenvalue weighted by molar-refractivity contribution is -0.475. The SMILES string of the molecule is O=C(O)C1=C/C(=C\C=[N+]2c3cc(O)c(O[C@@H]4O[C@H](COS(=O)(=O)O)[C@@H](O)[C@H](O)[C@H]4O)cc3CC2C(=O)[O-])CC(C(=O)O)N1. The first kappa shape index (κ1) is 31.8. The third-order valence-electron chi connectivity index (χ3n) is 6.83. The molecule has 2 unspecified atom stereocenters. The number of carbonyl (C=O) groups is 3. The summed E-state index contributed by atoms with van der Waals surface area (Å²) in [6, 6.07) is -0.273. The first-order valence-electron chi connectivity index (χ1n) is 12.4. The monoisotopic (exact) mass is 630 g/mol. The van der Waals surface area contributed by atoms with Crippen LogP contribution in [0.2, 0.25) is 0 Å². The van der Waals surface area contributed by atoms with Gasteiger partial charge in [-0.1, -0.05) is 0 Å². The molecule has 8 N–H and O–H groups in total. The maximum atomic E-state index is 11.9. The normalized spacial score (nSPS) is 30.8. The Hall–Kier alpha value is -4.11. The molecule has 3 aliphatic heterocycles. The molecule has 3 aliphatic rings. The molecule has 1 aromatic carbocycles. The second-order valence-corrected chi connectivity index (χ2v) is 10.8. The van der Waals surface area contributed by atoms with Crippen LogP contribution in [0.3, 0.4) is 0 Å². The molecule has 0 spiro atoms. The summed E-state index contributed by atoms with van der Waals surface area (Å²) in [7, 11) is -4.95. The van der Waals surface area contributed by atoms with Crippen LogP contribution in [0.25, 0.3) is 0 Å². The fourth-order valence-corrected chi connectivity index (χ4v) is 5.01. The number of phenolic OH excluding ortho intramolecular Hbond substituents is 1. The highest BCUT2D eigenvalue weighted by molar-refractivity contribution is 7.80. The number of aliphatic hydroxyl groups excluding tert-OH is 3. The summed E-state index contributed by atoms with van der Waals surface area (Å²) < 4.78 is 46.6. The summed E-state index contributed by atoms with van der Waals surface area (Å²) in [5.74, 6) is -5.20. The minimum absolute atomic E-state index is 0.127. The first-order chi connectivity index (χ1) is 20.1. The minimum atomic E-state index is -4.95. The molecule has 0 aromatic heterocycles. The average Bonchev–Trinajstić information content (AvgIpc) is 3.28. The van der Waals surface area contributed by atoms with E-state index < -0.39 is 83.5 Å². The maximum Gasteiger partial charge on any atom is 0.397 e. The van der Waals surface area contributed by atoms with Gasteiger partial charge in [0.2, 0.25) is 18.0 Å². The van der Waals surface area contributed by atoms with E-state index in [9.17, 15) is 58.5 Å². The number of hydrogen-bond acceptors (Lipinski definition) is 14. The van der Waals surface area contributed by atoms with Gasteiger partial charge in [0, 0.05) is 24.5 Å². The molecule has 4 rings (SSSR count). The number of aliphatic hydroxyl groups is 3. The number of rotatable bonds is 9. The van der Waals surface area contributed by atoms with E-state index in [0.717, 1.165) is 6.07 Å². The zero-order chi connectivity index (χ0) is 31.8. The van der Waals surface area contributed by atoms with Crippen LogP contribution < -0.4 is 15.2 Å². The van der Waals surface area contributed by atoms with Gasteiger partial charge in [-0.3, -0.25) is 4.55 Å². The molecule has 19 heteroatoms. The van der Waals surface area contributed by atoms with Gasteiger partial charge in [0.05, 0.1) is 12.7 Å². The summed E-state index contributed by atoms with van der Waals surface area (Å²) in [5.41, 5.74) is 0.300. The molecule has 7 atom stereocenters. The second kappa shape index (κ2) is 12.2. The van der Waals surface area contributed by atoms with Crippen LogP contribution >= 0.6 is 0 Å². The number of nitrogens with one attached hydrogen (secondary N) is 1. The maximum absolute atomic E-state index is 11.9. The number of carboxylic acids is 3. The highest BCUT2D eigenvalue weighted by Gasteiger charge is 2.46. The van der Waals surface area contributed by atoms with Gasteiger partial charge >= 0.3 is 22.3 Å². The number of benzene rings is 1. The zero-order valence-electron chi connectivity index (χ0n) is 21.7. The third kappa shape index (κ3) is 7.10. The van der Waals surface area contributed by atoms with E-state index in [4.69, 9.17) is 14.0 Å². The van der Waals surface area contributed by atoms with Crippen LogP contribution in [0.4, 0.5) is 5.69 Å². The molecule has 0 amide bonds. The van der Waals surface area contributed by atoms with Crippen molar-refractivity contribution in [3.05, 3.63) is 41.1 Å². The van der Waals surface area contributed by atoms with Crippen molar-refractivity contribution in [3.8, 4) is 11.5 Å². The highest BCUT2D eigenvalue weighted by Crippen LogP contribution is 2.40. The van der Waals surface area contributed by atoms with Gasteiger partial charge in [-0.2, -0.15) is 13.0 Å². The molecule has 1 aromatic rings. The standard InChI is InChI=1S/C24H26N2O16S/c27-15-7-13-10(6-16(15)41-24-20(30)19(29)18(28)17(42-24)8-40-43(37,38)39)5-14(23(35)36)26(13)2-1-9-3-11(21(31)32)25-12(4-9)22(33)34/h1-3,6-7,12,14,17-20,24,28-30H,4-5,8H2,(H5,27,31,32,33,34,35,36,37,38,39)/t12?,14?,17-,18-,19+,20-,24-/m1/s1. The Morgan fingerprint density at radius 1 is 1.12 bits per heavy atom. The fraction of sp³-hybridized carbons (Fsp3) is 0.417. The molecule has 43 heavy (non-hydrogen) atoms. The number of fused-ring (bicyclic) bond motifs is 1. The van der Waals surface area contributed by atoms with Gasteiger partial charge in [0.1, 0.15) is 42.1 Å². The highest BCUT2D eigenvalue weighted by atomic mass is 32.3. The van der Waals surface area contributed by atoms with Gasteiger partial charge in [-0.05, 0) is 17.7 Å². The number of carbonyl (C=O) groups excluding carboxylic acids is 1. The molecule has 1 saturated heterocycles. The molecular weight excluding hydrogens is 604 g/mol. The Labute approximate surface area is 241 Å². The summed E-state index contributed by atoms with van der Waals surface area (Å²) in [6.45, 7) is -0.972. The Bertz CT molecular complexity index is 1520. The Morgan fingerprint density at radius 2 is 1.81 bits per heavy atom. The number of ether oxygens (including phenoxy) is 2. The van der Waals surface area contributed by atoms with Crippen molar-refractivity contribution in [3.63, 3.8) is 0 Å². The van der Waals surface area contributed by atoms with Crippen molar-refractivity contribution >= 4 is 40.2 Å². The van der Waals surface area contributed by atoms with Crippen LogP contribution in [0.5, 0.6) is 11.5 Å². The van der Waals surface area contributed by atoms with Gasteiger partial charge in [-0.25, -0.2) is 13.8 Å². The van der Waals surface area contributed by atoms with Gasteiger partial charge in [-0.15, -0.1) is 0 Å². The molecule has 3 heterocycles. The topological polar surface area (TPSA) is 293 Å². The average molecular weight is 631 g/mol. The quantitative estimate of drug-likeness (QED) is 0.0956. The Kier molecular flexibility index (Phi) is 9.06. The number of carboxylic acid groups (broad SMARTS) is 3. The fourth-order valence-electron chi connectivity index (χ4n) is 4.71. The van der Waals surface area contributed by atoms with Crippen LogP contribution in [-0.2, 0) is 40.1 Å². The second-order valence-electron chi connectivity index (χ2n) is 9.73. The van der Waals surface area contributed by atoms with Crippen LogP contribution in [0, 0.1) is 0 Å². The van der Waals surface area contributed by atoms with Gasteiger partial charge in [0.15, 0.2) is 17.7 Å². The molecular formula is C24H26N2O16S. The van der Waals surface area contributed by atoms with Gasteiger partial charge in [0.25, 0.3) is 0 Å². The molecule has 0 radical (unpaired) electrons. The lowest BCUT2D eigenvalue weighted by Gasteiger charge is -2.39. The summed E-state index contributed by atoms with van der Waals surface area (Å²) in [5, 5.41) is 74.1. The van der Waals surface area contributed by atoms with E-state index in [0.29, 0.717) is 0 Å². The van der Waals surface area contributed by atoms with Crippen LogP contribution in [0.15, 0.2) is 35.6 Å². The van der Waals surface area contributed by atoms with Crippen molar-refractivity contribution in [2.45, 2.75) is 55.6 Å². The van der Waals surface area contributed by atoms with E-state index in [-0.39, 0.29) is 41.1 Å². The number of aliphatic carboxylic acids is 3. The molecule has 0 bridgehead atoms. The molecule has 0 saturated carbocycles. The Balaban J connectivity index is 1.63. The number of allylic oxidation sites excluding steroid dienone is 2. The van der Waals surface area contributed by atoms with Crippen molar-refractivity contribution in [1.29, 1.82) is 0 Å². The minimum Gasteiger partial charge on any atom is -0.543 e. The molecule has 18 nitrogen and oxygen atoms in total. The first-order valence-corrected chi connectivity index (χ1v) is 13.7.